The molecule has 0 saturated carbocycles. The summed E-state index contributed by atoms with van der Waals surface area (Å²) in [6.45, 7) is 8.23. The number of fused-ring (bicyclic) bond motifs is 1. The van der Waals surface area contributed by atoms with Crippen molar-refractivity contribution >= 4 is 21.4 Å². The van der Waals surface area contributed by atoms with E-state index in [1.165, 1.54) is 35.0 Å². The predicted octanol–water partition coefficient (Wildman–Crippen LogP) is 4.84. The molecule has 0 bridgehead atoms. The molecule has 1 aromatic carbocycles. The van der Waals surface area contributed by atoms with Crippen LogP contribution in [0, 0.1) is 0 Å². The van der Waals surface area contributed by atoms with Crippen LogP contribution in [0.5, 0.6) is 0 Å². The Balaban J connectivity index is 2.06. The Morgan fingerprint density at radius 1 is 1.22 bits per heavy atom. The number of thiophene rings is 1. The molecule has 1 atom stereocenters. The van der Waals surface area contributed by atoms with Crippen LogP contribution in [0.15, 0.2) is 29.6 Å². The van der Waals surface area contributed by atoms with Gasteiger partial charge >= 0.3 is 0 Å². The van der Waals surface area contributed by atoms with Crippen molar-refractivity contribution in [3.05, 3.63) is 35.2 Å². The highest BCUT2D eigenvalue weighted by Crippen LogP contribution is 2.41. The van der Waals surface area contributed by atoms with Crippen LogP contribution in [0.1, 0.15) is 45.2 Å². The number of rotatable bonds is 1. The predicted molar refractivity (Wildman–Crippen MR) is 80.3 cm³/mol. The largest absolute Gasteiger partial charge is 0.291 e. The number of benzene rings is 1. The lowest BCUT2D eigenvalue weighted by Crippen LogP contribution is -2.40. The Kier molecular flexibility index (Phi) is 2.95. The Morgan fingerprint density at radius 2 is 2.06 bits per heavy atom. The van der Waals surface area contributed by atoms with Crippen LogP contribution in [0.3, 0.4) is 0 Å². The standard InChI is InChI=1S/C16H21NS/c1-16(2,3)17-10-5-8-14(17)13-7-4-6-12-9-11-18-15(12)13/h4,6-7,9,11,14H,5,8,10H2,1-3H3. The highest BCUT2D eigenvalue weighted by Gasteiger charge is 2.34. The maximum absolute atomic E-state index is 2.67. The lowest BCUT2D eigenvalue weighted by molar-refractivity contribution is 0.122. The average Bonchev–Trinajstić information content (AvgIpc) is 2.96. The summed E-state index contributed by atoms with van der Waals surface area (Å²) in [4.78, 5) is 2.67. The number of likely N-dealkylation sites (tertiary alicyclic amines) is 1. The van der Waals surface area contributed by atoms with Gasteiger partial charge in [-0.05, 0) is 62.6 Å². The molecule has 2 heterocycles. The van der Waals surface area contributed by atoms with Crippen LogP contribution >= 0.6 is 11.3 Å². The number of hydrogen-bond acceptors (Lipinski definition) is 2. The van der Waals surface area contributed by atoms with Crippen LogP contribution in [0.4, 0.5) is 0 Å². The van der Waals surface area contributed by atoms with E-state index in [1.54, 1.807) is 0 Å². The lowest BCUT2D eigenvalue weighted by atomic mass is 9.98. The minimum Gasteiger partial charge on any atom is -0.291 e. The van der Waals surface area contributed by atoms with E-state index in [-0.39, 0.29) is 5.54 Å². The second-order valence-corrected chi connectivity index (χ2v) is 7.12. The molecule has 0 aliphatic carbocycles. The molecule has 1 aliphatic rings. The molecular weight excluding hydrogens is 238 g/mol. The molecule has 2 heteroatoms. The molecule has 0 radical (unpaired) electrons. The maximum Gasteiger partial charge on any atom is 0.0390 e. The summed E-state index contributed by atoms with van der Waals surface area (Å²) in [5.74, 6) is 0. The summed E-state index contributed by atoms with van der Waals surface area (Å²) < 4.78 is 1.48. The zero-order chi connectivity index (χ0) is 12.8. The van der Waals surface area contributed by atoms with E-state index in [0.29, 0.717) is 6.04 Å². The Hall–Kier alpha value is -0.860. The fourth-order valence-corrected chi connectivity index (χ4v) is 4.13. The van der Waals surface area contributed by atoms with E-state index in [0.717, 1.165) is 0 Å². The van der Waals surface area contributed by atoms with Crippen molar-refractivity contribution < 1.29 is 0 Å². The van der Waals surface area contributed by atoms with Gasteiger partial charge in [0, 0.05) is 16.3 Å². The van der Waals surface area contributed by atoms with Crippen LogP contribution in [-0.4, -0.2) is 17.0 Å². The molecule has 2 aromatic rings. The van der Waals surface area contributed by atoms with Crippen LogP contribution in [0.2, 0.25) is 0 Å². The third-order valence-corrected chi connectivity index (χ3v) is 4.96. The summed E-state index contributed by atoms with van der Waals surface area (Å²) in [6.07, 6.45) is 2.62. The van der Waals surface area contributed by atoms with Crippen LogP contribution in [0.25, 0.3) is 10.1 Å². The SMILES string of the molecule is CC(C)(C)N1CCCC1c1cccc2ccsc12. The summed E-state index contributed by atoms with van der Waals surface area (Å²) >= 11 is 1.89. The minimum atomic E-state index is 0.264. The van der Waals surface area contributed by atoms with Crippen LogP contribution in [-0.2, 0) is 0 Å². The van der Waals surface area contributed by atoms with Gasteiger partial charge in [0.25, 0.3) is 0 Å². The molecule has 96 valence electrons. The topological polar surface area (TPSA) is 3.24 Å². The zero-order valence-corrected chi connectivity index (χ0v) is 12.3. The smallest absolute Gasteiger partial charge is 0.0390 e. The molecule has 1 aliphatic heterocycles. The van der Waals surface area contributed by atoms with Gasteiger partial charge in [0.15, 0.2) is 0 Å². The summed E-state index contributed by atoms with van der Waals surface area (Å²) in [5.41, 5.74) is 1.80. The monoisotopic (exact) mass is 259 g/mol. The first kappa shape index (κ1) is 12.2. The summed E-state index contributed by atoms with van der Waals surface area (Å²) in [5, 5.41) is 3.61. The Labute approximate surface area is 113 Å². The van der Waals surface area contributed by atoms with Crippen molar-refractivity contribution in [2.24, 2.45) is 0 Å². The Morgan fingerprint density at radius 3 is 2.83 bits per heavy atom. The molecule has 1 aromatic heterocycles. The van der Waals surface area contributed by atoms with E-state index in [1.807, 2.05) is 11.3 Å². The van der Waals surface area contributed by atoms with Gasteiger partial charge in [0.2, 0.25) is 0 Å². The van der Waals surface area contributed by atoms with E-state index in [9.17, 15) is 0 Å². The fourth-order valence-electron chi connectivity index (χ4n) is 3.17. The second-order valence-electron chi connectivity index (χ2n) is 6.21. The quantitative estimate of drug-likeness (QED) is 0.708. The molecule has 0 N–H and O–H groups in total. The van der Waals surface area contributed by atoms with Gasteiger partial charge in [-0.25, -0.2) is 0 Å². The summed E-state index contributed by atoms with van der Waals surface area (Å²) in [6, 6.07) is 9.61. The van der Waals surface area contributed by atoms with Crippen molar-refractivity contribution in [2.45, 2.75) is 45.2 Å². The molecule has 18 heavy (non-hydrogen) atoms. The molecular formula is C16H21NS. The molecule has 3 rings (SSSR count). The van der Waals surface area contributed by atoms with Crippen molar-refractivity contribution in [1.82, 2.24) is 4.90 Å². The number of hydrogen-bond donors (Lipinski definition) is 0. The lowest BCUT2D eigenvalue weighted by Gasteiger charge is -2.37. The van der Waals surface area contributed by atoms with Gasteiger partial charge in [-0.3, -0.25) is 4.90 Å². The van der Waals surface area contributed by atoms with Crippen molar-refractivity contribution in [3.63, 3.8) is 0 Å². The van der Waals surface area contributed by atoms with Gasteiger partial charge in [-0.2, -0.15) is 0 Å². The van der Waals surface area contributed by atoms with E-state index < -0.39 is 0 Å². The third-order valence-electron chi connectivity index (χ3n) is 3.98. The Bertz CT molecular complexity index is 549. The third kappa shape index (κ3) is 1.98. The van der Waals surface area contributed by atoms with Crippen molar-refractivity contribution in [3.8, 4) is 0 Å². The fraction of sp³-hybridized carbons (Fsp3) is 0.500. The molecule has 1 unspecified atom stereocenters. The highest BCUT2D eigenvalue weighted by molar-refractivity contribution is 7.17. The highest BCUT2D eigenvalue weighted by atomic mass is 32.1. The molecule has 0 amide bonds. The minimum absolute atomic E-state index is 0.264. The van der Waals surface area contributed by atoms with Crippen molar-refractivity contribution in [2.75, 3.05) is 6.54 Å². The first-order valence-corrected chi connectivity index (χ1v) is 7.68. The van der Waals surface area contributed by atoms with Gasteiger partial charge < -0.3 is 0 Å². The van der Waals surface area contributed by atoms with Gasteiger partial charge in [-0.15, -0.1) is 11.3 Å². The molecule has 1 fully saturated rings. The van der Waals surface area contributed by atoms with Crippen LogP contribution < -0.4 is 0 Å². The average molecular weight is 259 g/mol. The first-order chi connectivity index (χ1) is 8.57. The van der Waals surface area contributed by atoms with Gasteiger partial charge in [0.1, 0.15) is 0 Å². The number of nitrogens with zero attached hydrogens (tertiary/aromatic N) is 1. The van der Waals surface area contributed by atoms with Crippen molar-refractivity contribution in [1.29, 1.82) is 0 Å². The first-order valence-electron chi connectivity index (χ1n) is 6.80. The van der Waals surface area contributed by atoms with Gasteiger partial charge in [0.05, 0.1) is 0 Å². The normalized spacial score (nSPS) is 21.8. The van der Waals surface area contributed by atoms with Gasteiger partial charge in [-0.1, -0.05) is 18.2 Å². The summed E-state index contributed by atoms with van der Waals surface area (Å²) in [7, 11) is 0. The molecule has 0 spiro atoms. The van der Waals surface area contributed by atoms with E-state index in [4.69, 9.17) is 0 Å². The maximum atomic E-state index is 2.67. The van der Waals surface area contributed by atoms with E-state index >= 15 is 0 Å². The zero-order valence-electron chi connectivity index (χ0n) is 11.4. The molecule has 1 nitrogen and oxygen atoms in total. The molecule has 1 saturated heterocycles. The van der Waals surface area contributed by atoms with E-state index in [2.05, 4.69) is 55.3 Å². The second kappa shape index (κ2) is 4.36.